The molecule has 0 radical (unpaired) electrons. The molecule has 3 rings (SSSR count). The van der Waals surface area contributed by atoms with Crippen LogP contribution in [0.15, 0.2) is 72.8 Å². The molecule has 1 atom stereocenters. The summed E-state index contributed by atoms with van der Waals surface area (Å²) in [7, 11) is -8.74. The molecular weight excluding hydrogens is 514 g/mol. The highest BCUT2D eigenvalue weighted by atomic mass is 32.3. The molecule has 0 aromatic heterocycles. The normalized spacial score (nSPS) is 12.5. The number of nitrogens with two attached hydrogens (primary N) is 1. The summed E-state index contributed by atoms with van der Waals surface area (Å²) < 4.78 is 50.1. The lowest BCUT2D eigenvalue weighted by Crippen LogP contribution is -2.50. The van der Waals surface area contributed by atoms with E-state index in [2.05, 4.69) is 11.4 Å². The van der Waals surface area contributed by atoms with Gasteiger partial charge in [0.2, 0.25) is 26.0 Å². The van der Waals surface area contributed by atoms with Crippen molar-refractivity contribution < 1.29 is 21.6 Å². The van der Waals surface area contributed by atoms with Crippen molar-refractivity contribution in [1.29, 1.82) is 10.7 Å². The lowest BCUT2D eigenvalue weighted by molar-refractivity contribution is -0.118. The minimum Gasteiger partial charge on any atom is -0.384 e. The number of amides is 1. The molecule has 0 aliphatic rings. The fourth-order valence-corrected chi connectivity index (χ4v) is 7.08. The number of nitrogens with zero attached hydrogens (tertiary/aromatic N) is 2. The molecule has 10 nitrogen and oxygen atoms in total. The Morgan fingerprint density at radius 2 is 1.62 bits per heavy atom. The number of hydrogen-bond donors (Lipinski definition) is 3. The van der Waals surface area contributed by atoms with E-state index in [0.29, 0.717) is 40.5 Å². The quantitative estimate of drug-likeness (QED) is 0.276. The van der Waals surface area contributed by atoms with E-state index in [0.717, 1.165) is 5.56 Å². The van der Waals surface area contributed by atoms with Gasteiger partial charge in [0.25, 0.3) is 0 Å². The third-order valence-electron chi connectivity index (χ3n) is 5.39. The first-order valence-corrected chi connectivity index (χ1v) is 14.5. The Kier molecular flexibility index (Phi) is 8.12. The Morgan fingerprint density at radius 3 is 2.19 bits per heavy atom. The van der Waals surface area contributed by atoms with Gasteiger partial charge in [-0.1, -0.05) is 52.2 Å². The van der Waals surface area contributed by atoms with E-state index in [4.69, 9.17) is 11.1 Å². The molecule has 0 bridgehead atoms. The number of carbonyl (C=O) groups excluding carboxylic acids is 1. The Hall–Kier alpha value is -4.05. The summed E-state index contributed by atoms with van der Waals surface area (Å²) in [6, 6.07) is 20.2. The van der Waals surface area contributed by atoms with Gasteiger partial charge in [-0.25, -0.2) is 16.8 Å². The topological polar surface area (TPSA) is 174 Å². The van der Waals surface area contributed by atoms with Gasteiger partial charge in [0, 0.05) is 11.3 Å². The minimum absolute atomic E-state index is 0.188. The lowest BCUT2D eigenvalue weighted by Gasteiger charge is -2.27. The number of sulfonamides is 2. The summed E-state index contributed by atoms with van der Waals surface area (Å²) in [6.07, 6.45) is 1.13. The predicted molar refractivity (Wildman–Crippen MR) is 142 cm³/mol. The Labute approximate surface area is 216 Å². The Bertz CT molecular complexity index is 1560. The van der Waals surface area contributed by atoms with Crippen molar-refractivity contribution in [3.63, 3.8) is 0 Å². The zero-order valence-corrected chi connectivity index (χ0v) is 21.7. The van der Waals surface area contributed by atoms with Crippen molar-refractivity contribution in [3.8, 4) is 17.2 Å². The van der Waals surface area contributed by atoms with Crippen LogP contribution in [0.25, 0.3) is 11.1 Å². The van der Waals surface area contributed by atoms with Crippen LogP contribution >= 0.6 is 0 Å². The monoisotopic (exact) mass is 539 g/mol. The maximum Gasteiger partial charge on any atom is 0.244 e. The number of rotatable bonds is 9. The highest BCUT2D eigenvalue weighted by molar-refractivity contribution is 8.03. The van der Waals surface area contributed by atoms with Gasteiger partial charge in [-0.05, 0) is 47.4 Å². The molecule has 0 unspecified atom stereocenters. The van der Waals surface area contributed by atoms with Crippen molar-refractivity contribution in [2.24, 2.45) is 5.73 Å². The van der Waals surface area contributed by atoms with Gasteiger partial charge in [-0.3, -0.25) is 10.2 Å². The zero-order chi connectivity index (χ0) is 27.4. The number of hydrogen-bond acceptors (Lipinski definition) is 7. The van der Waals surface area contributed by atoms with Gasteiger partial charge in [0.05, 0.1) is 24.1 Å². The molecule has 0 spiro atoms. The molecule has 3 aromatic rings. The molecule has 0 aliphatic carbocycles. The summed E-state index contributed by atoms with van der Waals surface area (Å²) in [6.45, 7) is 0. The van der Waals surface area contributed by atoms with Gasteiger partial charge in [0.1, 0.15) is 11.9 Å². The maximum absolute atomic E-state index is 13.3. The van der Waals surface area contributed by atoms with Gasteiger partial charge < -0.3 is 11.1 Å². The second-order valence-electron chi connectivity index (χ2n) is 8.31. The fourth-order valence-electron chi connectivity index (χ4n) is 3.85. The molecule has 12 heteroatoms. The smallest absolute Gasteiger partial charge is 0.244 e. The first kappa shape index (κ1) is 27.5. The van der Waals surface area contributed by atoms with Crippen LogP contribution in [-0.4, -0.2) is 50.8 Å². The van der Waals surface area contributed by atoms with E-state index in [1.165, 1.54) is 6.07 Å². The molecule has 0 fully saturated rings. The van der Waals surface area contributed by atoms with E-state index < -0.39 is 32.0 Å². The van der Waals surface area contributed by atoms with Gasteiger partial charge in [-0.15, -0.1) is 0 Å². The van der Waals surface area contributed by atoms with E-state index in [-0.39, 0.29) is 16.0 Å². The highest BCUT2D eigenvalue weighted by Crippen LogP contribution is 2.25. The number of carbonyl (C=O) groups is 1. The predicted octanol–water partition coefficient (Wildman–Crippen LogP) is 2.28. The van der Waals surface area contributed by atoms with Crippen LogP contribution in [0.3, 0.4) is 0 Å². The van der Waals surface area contributed by atoms with Crippen LogP contribution < -0.4 is 11.1 Å². The molecule has 0 saturated heterocycles. The summed E-state index contributed by atoms with van der Waals surface area (Å²) in [4.78, 5) is 13.3. The van der Waals surface area contributed by atoms with Crippen LogP contribution in [0.2, 0.25) is 0 Å². The van der Waals surface area contributed by atoms with E-state index >= 15 is 0 Å². The summed E-state index contributed by atoms with van der Waals surface area (Å²) in [5.74, 6) is -1.10. The molecule has 192 valence electrons. The average Bonchev–Trinajstić information content (AvgIpc) is 2.82. The standard InChI is InChI=1S/C25H25N5O5S2/c1-36(32,33)30(37(2,34)35)23(15-17-6-5-8-19(14-17)24(27)28)25(31)29-21-12-10-18(11-13-21)22-9-4-3-7-20(22)16-26/h3-14,23H,15H2,1-2H3,(H3,27,28)(H,29,31)/t23-/m0/s1. The molecule has 1 amide bonds. The third kappa shape index (κ3) is 6.79. The Balaban J connectivity index is 1.97. The number of nitriles is 1. The lowest BCUT2D eigenvalue weighted by atomic mass is 10.00. The SMILES string of the molecule is CS(=O)(=O)N([C@@H](Cc1cccc(C(=N)N)c1)C(=O)Nc1ccc(-c2ccccc2C#N)cc1)S(C)(=O)=O. The average molecular weight is 540 g/mol. The Morgan fingerprint density at radius 1 is 1.00 bits per heavy atom. The minimum atomic E-state index is -4.37. The highest BCUT2D eigenvalue weighted by Gasteiger charge is 2.39. The van der Waals surface area contributed by atoms with E-state index in [9.17, 15) is 26.9 Å². The van der Waals surface area contributed by atoms with Gasteiger partial charge in [0.15, 0.2) is 0 Å². The van der Waals surface area contributed by atoms with E-state index in [1.54, 1.807) is 66.7 Å². The van der Waals surface area contributed by atoms with Crippen LogP contribution in [0.4, 0.5) is 5.69 Å². The summed E-state index contributed by atoms with van der Waals surface area (Å²) in [5.41, 5.74) is 8.48. The van der Waals surface area contributed by atoms with Crippen molar-refractivity contribution in [2.45, 2.75) is 12.5 Å². The fraction of sp³-hybridized carbons (Fsp3) is 0.160. The van der Waals surface area contributed by atoms with Crippen LogP contribution in [0.1, 0.15) is 16.7 Å². The van der Waals surface area contributed by atoms with Gasteiger partial charge in [-0.2, -0.15) is 5.26 Å². The first-order chi connectivity index (χ1) is 17.3. The molecular formula is C25H25N5O5S2. The number of nitrogens with one attached hydrogen (secondary N) is 2. The molecule has 0 aliphatic heterocycles. The van der Waals surface area contributed by atoms with Crippen LogP contribution in [0, 0.1) is 16.7 Å². The zero-order valence-electron chi connectivity index (χ0n) is 20.0. The van der Waals surface area contributed by atoms with Gasteiger partial charge >= 0.3 is 0 Å². The van der Waals surface area contributed by atoms with Crippen molar-refractivity contribution in [1.82, 2.24) is 3.71 Å². The third-order valence-corrected chi connectivity index (χ3v) is 8.83. The summed E-state index contributed by atoms with van der Waals surface area (Å²) >= 11 is 0. The van der Waals surface area contributed by atoms with Crippen LogP contribution in [-0.2, 0) is 31.3 Å². The molecule has 37 heavy (non-hydrogen) atoms. The van der Waals surface area contributed by atoms with E-state index in [1.807, 2.05) is 0 Å². The molecule has 0 heterocycles. The number of anilines is 1. The van der Waals surface area contributed by atoms with Crippen molar-refractivity contribution >= 4 is 37.5 Å². The first-order valence-electron chi connectivity index (χ1n) is 10.8. The second-order valence-corrected chi connectivity index (χ2v) is 12.3. The van der Waals surface area contributed by atoms with Crippen molar-refractivity contribution in [2.75, 3.05) is 17.8 Å². The largest absolute Gasteiger partial charge is 0.384 e. The second kappa shape index (κ2) is 10.9. The molecule has 4 N–H and O–H groups in total. The number of amidine groups is 1. The number of nitrogen functional groups attached to an aromatic ring is 1. The maximum atomic E-state index is 13.3. The van der Waals surface area contributed by atoms with Crippen LogP contribution in [0.5, 0.6) is 0 Å². The molecule has 0 saturated carbocycles. The number of benzene rings is 3. The molecule has 3 aromatic carbocycles. The summed E-state index contributed by atoms with van der Waals surface area (Å²) in [5, 5.41) is 19.5. The van der Waals surface area contributed by atoms with Crippen molar-refractivity contribution in [3.05, 3.63) is 89.5 Å².